The third kappa shape index (κ3) is 3.63. The van der Waals surface area contributed by atoms with Gasteiger partial charge in [-0.25, -0.2) is 4.79 Å². The molecule has 7 heteroatoms. The van der Waals surface area contributed by atoms with Crippen LogP contribution in [0.4, 0.5) is 10.5 Å². The van der Waals surface area contributed by atoms with Gasteiger partial charge in [0.2, 0.25) is 5.91 Å². The van der Waals surface area contributed by atoms with Gasteiger partial charge in [-0.15, -0.1) is 0 Å². The van der Waals surface area contributed by atoms with Crippen LogP contribution in [0.2, 0.25) is 0 Å². The van der Waals surface area contributed by atoms with E-state index in [1.54, 1.807) is 7.11 Å². The minimum absolute atomic E-state index is 0.281. The van der Waals surface area contributed by atoms with Gasteiger partial charge in [-0.05, 0) is 61.7 Å². The van der Waals surface area contributed by atoms with Crippen molar-refractivity contribution in [2.45, 2.75) is 25.3 Å². The second-order valence-electron chi connectivity index (χ2n) is 7.10. The van der Waals surface area contributed by atoms with E-state index in [0.29, 0.717) is 18.7 Å². The minimum atomic E-state index is -1.05. The first-order valence-electron chi connectivity index (χ1n) is 9.63. The van der Waals surface area contributed by atoms with Gasteiger partial charge < -0.3 is 19.7 Å². The highest BCUT2D eigenvalue weighted by Crippen LogP contribution is 2.28. The summed E-state index contributed by atoms with van der Waals surface area (Å²) in [7, 11) is 1.63. The Hall–Kier alpha value is -3.48. The van der Waals surface area contributed by atoms with Crippen LogP contribution in [0.1, 0.15) is 19.3 Å². The van der Waals surface area contributed by atoms with Crippen molar-refractivity contribution in [3.05, 3.63) is 54.7 Å². The number of carbonyl (C=O) groups excluding carboxylic acids is 1. The third-order valence-corrected chi connectivity index (χ3v) is 5.39. The van der Waals surface area contributed by atoms with Crippen LogP contribution < -0.4 is 10.1 Å². The lowest BCUT2D eigenvalue weighted by atomic mass is 10.0. The number of amides is 2. The summed E-state index contributed by atoms with van der Waals surface area (Å²) in [4.78, 5) is 25.5. The summed E-state index contributed by atoms with van der Waals surface area (Å²) in [6.07, 6.45) is 3.08. The van der Waals surface area contributed by atoms with Crippen LogP contribution in [0.5, 0.6) is 5.75 Å². The van der Waals surface area contributed by atoms with Gasteiger partial charge in [-0.2, -0.15) is 0 Å². The highest BCUT2D eigenvalue weighted by atomic mass is 16.5. The molecule has 1 aliphatic heterocycles. The van der Waals surface area contributed by atoms with Crippen LogP contribution in [0, 0.1) is 0 Å². The van der Waals surface area contributed by atoms with E-state index >= 15 is 0 Å². The molecule has 29 heavy (non-hydrogen) atoms. The lowest BCUT2D eigenvalue weighted by Gasteiger charge is -2.32. The van der Waals surface area contributed by atoms with Gasteiger partial charge in [0.15, 0.2) is 0 Å². The molecule has 150 valence electrons. The number of hydrogen-bond donors (Lipinski definition) is 2. The van der Waals surface area contributed by atoms with Gasteiger partial charge in [-0.1, -0.05) is 6.07 Å². The number of carboxylic acid groups (broad SMARTS) is 1. The number of piperidine rings is 1. The fraction of sp³-hybridized carbons (Fsp3) is 0.273. The van der Waals surface area contributed by atoms with Gasteiger partial charge in [0, 0.05) is 23.8 Å². The van der Waals surface area contributed by atoms with Gasteiger partial charge in [-0.3, -0.25) is 9.69 Å². The average Bonchev–Trinajstić information content (AvgIpc) is 3.19. The lowest BCUT2D eigenvalue weighted by molar-refractivity contribution is -0.121. The number of hydrogen-bond acceptors (Lipinski definition) is 3. The smallest absolute Gasteiger partial charge is 0.407 e. The number of nitrogens with zero attached hydrogens (tertiary/aromatic N) is 2. The molecule has 2 aromatic carbocycles. The number of likely N-dealkylation sites (tertiary alicyclic amines) is 1. The molecule has 1 aliphatic rings. The van der Waals surface area contributed by atoms with E-state index in [9.17, 15) is 14.7 Å². The monoisotopic (exact) mass is 393 g/mol. The Labute approximate surface area is 168 Å². The number of anilines is 1. The summed E-state index contributed by atoms with van der Waals surface area (Å²) in [6.45, 7) is 0.394. The SMILES string of the molecule is COc1ccc(-n2ccc3c(NC(=O)C4CCCCN4C(=O)O)cccc32)cc1. The molecular formula is C22H23N3O4. The summed E-state index contributed by atoms with van der Waals surface area (Å²) < 4.78 is 7.25. The highest BCUT2D eigenvalue weighted by Gasteiger charge is 2.32. The molecule has 0 bridgehead atoms. The quantitative estimate of drug-likeness (QED) is 0.699. The predicted octanol–water partition coefficient (Wildman–Crippen LogP) is 4.11. The molecule has 1 fully saturated rings. The van der Waals surface area contributed by atoms with Gasteiger partial charge in [0.25, 0.3) is 0 Å². The van der Waals surface area contributed by atoms with Crippen LogP contribution in [-0.4, -0.2) is 46.3 Å². The van der Waals surface area contributed by atoms with Crippen LogP contribution >= 0.6 is 0 Å². The first-order chi connectivity index (χ1) is 14.1. The zero-order chi connectivity index (χ0) is 20.4. The largest absolute Gasteiger partial charge is 0.497 e. The van der Waals surface area contributed by atoms with Crippen LogP contribution in [0.25, 0.3) is 16.6 Å². The van der Waals surface area contributed by atoms with Crippen molar-refractivity contribution in [1.29, 1.82) is 0 Å². The summed E-state index contributed by atoms with van der Waals surface area (Å²) in [5.41, 5.74) is 2.61. The molecular weight excluding hydrogens is 370 g/mol. The Morgan fingerprint density at radius 3 is 2.62 bits per heavy atom. The second-order valence-corrected chi connectivity index (χ2v) is 7.10. The Kier molecular flexibility index (Phi) is 5.12. The van der Waals surface area contributed by atoms with Gasteiger partial charge >= 0.3 is 6.09 Å². The molecule has 0 aliphatic carbocycles. The normalized spacial score (nSPS) is 16.6. The number of fused-ring (bicyclic) bond motifs is 1. The summed E-state index contributed by atoms with van der Waals surface area (Å²) in [5.74, 6) is 0.505. The van der Waals surface area contributed by atoms with E-state index < -0.39 is 12.1 Å². The minimum Gasteiger partial charge on any atom is -0.497 e. The molecule has 2 N–H and O–H groups in total. The number of ether oxygens (including phenoxy) is 1. The number of carbonyl (C=O) groups is 2. The molecule has 7 nitrogen and oxygen atoms in total. The molecule has 2 amide bonds. The topological polar surface area (TPSA) is 83.8 Å². The molecule has 0 spiro atoms. The standard InChI is InChI=1S/C22H23N3O4/c1-29-16-10-8-15(9-11-16)24-14-12-17-18(5-4-7-19(17)24)23-21(26)20-6-2-3-13-25(20)22(27)28/h4-5,7-12,14,20H,2-3,6,13H2,1H3,(H,23,26)(H,27,28). The summed E-state index contributed by atoms with van der Waals surface area (Å²) in [6, 6.07) is 14.7. The lowest BCUT2D eigenvalue weighted by Crippen LogP contribution is -2.49. The van der Waals surface area contributed by atoms with Crippen LogP contribution in [0.3, 0.4) is 0 Å². The first-order valence-corrected chi connectivity index (χ1v) is 9.63. The van der Waals surface area contributed by atoms with Crippen molar-refractivity contribution in [1.82, 2.24) is 9.47 Å². The molecule has 0 radical (unpaired) electrons. The van der Waals surface area contributed by atoms with Crippen LogP contribution in [0.15, 0.2) is 54.7 Å². The zero-order valence-electron chi connectivity index (χ0n) is 16.2. The molecule has 2 heterocycles. The Balaban J connectivity index is 1.62. The number of nitrogens with one attached hydrogen (secondary N) is 1. The number of benzene rings is 2. The second kappa shape index (κ2) is 7.87. The van der Waals surface area contributed by atoms with Crippen molar-refractivity contribution in [3.63, 3.8) is 0 Å². The maximum atomic E-state index is 12.8. The van der Waals surface area contributed by atoms with Crippen molar-refractivity contribution >= 4 is 28.6 Å². The van der Waals surface area contributed by atoms with E-state index in [1.165, 1.54) is 4.90 Å². The van der Waals surface area contributed by atoms with E-state index in [0.717, 1.165) is 35.2 Å². The number of aromatic nitrogens is 1. The van der Waals surface area contributed by atoms with Crippen molar-refractivity contribution in [2.75, 3.05) is 19.0 Å². The average molecular weight is 393 g/mol. The molecule has 1 aromatic heterocycles. The Bertz CT molecular complexity index is 1040. The maximum absolute atomic E-state index is 12.8. The van der Waals surface area contributed by atoms with Crippen LogP contribution in [-0.2, 0) is 4.79 Å². The zero-order valence-corrected chi connectivity index (χ0v) is 16.2. The highest BCUT2D eigenvalue weighted by molar-refractivity contribution is 6.04. The van der Waals surface area contributed by atoms with Crippen molar-refractivity contribution < 1.29 is 19.4 Å². The molecule has 3 aromatic rings. The molecule has 0 saturated carbocycles. The van der Waals surface area contributed by atoms with Gasteiger partial charge in [0.05, 0.1) is 18.3 Å². The number of methoxy groups -OCH3 is 1. The summed E-state index contributed by atoms with van der Waals surface area (Å²) >= 11 is 0. The van der Waals surface area contributed by atoms with E-state index in [4.69, 9.17) is 4.74 Å². The maximum Gasteiger partial charge on any atom is 0.407 e. The molecule has 1 saturated heterocycles. The number of rotatable bonds is 4. The molecule has 4 rings (SSSR count). The van der Waals surface area contributed by atoms with Crippen molar-refractivity contribution in [2.24, 2.45) is 0 Å². The Morgan fingerprint density at radius 2 is 1.90 bits per heavy atom. The summed E-state index contributed by atoms with van der Waals surface area (Å²) in [5, 5.41) is 13.2. The van der Waals surface area contributed by atoms with E-state index in [2.05, 4.69) is 5.32 Å². The van der Waals surface area contributed by atoms with E-state index in [1.807, 2.05) is 59.3 Å². The first kappa shape index (κ1) is 18.9. The van der Waals surface area contributed by atoms with Crippen molar-refractivity contribution in [3.8, 4) is 11.4 Å². The van der Waals surface area contributed by atoms with Gasteiger partial charge in [0.1, 0.15) is 11.8 Å². The predicted molar refractivity (Wildman–Crippen MR) is 111 cm³/mol. The third-order valence-electron chi connectivity index (χ3n) is 5.39. The fourth-order valence-electron chi connectivity index (χ4n) is 3.89. The fourth-order valence-corrected chi connectivity index (χ4v) is 3.89. The molecule has 1 atom stereocenters. The van der Waals surface area contributed by atoms with E-state index in [-0.39, 0.29) is 5.91 Å². The molecule has 1 unspecified atom stereocenters. The Morgan fingerprint density at radius 1 is 1.10 bits per heavy atom.